The Balaban J connectivity index is 2.12. The van der Waals surface area contributed by atoms with Crippen molar-refractivity contribution in [3.63, 3.8) is 0 Å². The number of rotatable bonds is 5. The minimum atomic E-state index is -0.710. The van der Waals surface area contributed by atoms with Gasteiger partial charge in [0.25, 0.3) is 0 Å². The van der Waals surface area contributed by atoms with Crippen molar-refractivity contribution in [2.24, 2.45) is 5.41 Å². The average molecular weight is 277 g/mol. The van der Waals surface area contributed by atoms with E-state index in [0.29, 0.717) is 19.6 Å². The maximum atomic E-state index is 11.6. The van der Waals surface area contributed by atoms with Crippen LogP contribution in [0.4, 0.5) is 0 Å². The lowest BCUT2D eigenvalue weighted by atomic mass is 9.85. The number of carboxylic acid groups (broad SMARTS) is 1. The van der Waals surface area contributed by atoms with Crippen molar-refractivity contribution in [2.45, 2.75) is 33.2 Å². The second-order valence-corrected chi connectivity index (χ2v) is 5.78. The summed E-state index contributed by atoms with van der Waals surface area (Å²) < 4.78 is 5.72. The SMILES string of the molecule is CCCC(C)(CN1CCOc2ccccc2C1)C(=O)O. The fourth-order valence-corrected chi connectivity index (χ4v) is 2.81. The van der Waals surface area contributed by atoms with E-state index in [1.807, 2.05) is 38.1 Å². The van der Waals surface area contributed by atoms with Gasteiger partial charge in [-0.2, -0.15) is 0 Å². The quantitative estimate of drug-likeness (QED) is 0.899. The first-order valence-electron chi connectivity index (χ1n) is 7.21. The molecule has 1 N–H and O–H groups in total. The van der Waals surface area contributed by atoms with Gasteiger partial charge in [-0.25, -0.2) is 0 Å². The lowest BCUT2D eigenvalue weighted by molar-refractivity contribution is -0.149. The van der Waals surface area contributed by atoms with Crippen LogP contribution in [0.25, 0.3) is 0 Å². The van der Waals surface area contributed by atoms with E-state index in [-0.39, 0.29) is 0 Å². The van der Waals surface area contributed by atoms with Crippen LogP contribution in [-0.2, 0) is 11.3 Å². The summed E-state index contributed by atoms with van der Waals surface area (Å²) in [5.74, 6) is 0.209. The topological polar surface area (TPSA) is 49.8 Å². The van der Waals surface area contributed by atoms with E-state index in [0.717, 1.165) is 30.8 Å². The third-order valence-corrected chi connectivity index (χ3v) is 3.92. The molecule has 0 saturated carbocycles. The van der Waals surface area contributed by atoms with Crippen LogP contribution in [0.3, 0.4) is 0 Å². The fraction of sp³-hybridized carbons (Fsp3) is 0.562. The van der Waals surface area contributed by atoms with Crippen molar-refractivity contribution in [3.05, 3.63) is 29.8 Å². The minimum Gasteiger partial charge on any atom is -0.492 e. The number of ether oxygens (including phenoxy) is 1. The van der Waals surface area contributed by atoms with Gasteiger partial charge >= 0.3 is 5.97 Å². The highest BCUT2D eigenvalue weighted by molar-refractivity contribution is 5.74. The summed E-state index contributed by atoms with van der Waals surface area (Å²) in [6.45, 7) is 6.56. The third-order valence-electron chi connectivity index (χ3n) is 3.92. The normalized spacial score (nSPS) is 18.5. The molecule has 110 valence electrons. The molecule has 0 fully saturated rings. The molecule has 0 radical (unpaired) electrons. The molecule has 1 atom stereocenters. The lowest BCUT2D eigenvalue weighted by Gasteiger charge is -2.31. The first kappa shape index (κ1) is 14.9. The summed E-state index contributed by atoms with van der Waals surface area (Å²) in [5, 5.41) is 9.50. The third kappa shape index (κ3) is 3.31. The summed E-state index contributed by atoms with van der Waals surface area (Å²) in [6.07, 6.45) is 1.57. The first-order valence-corrected chi connectivity index (χ1v) is 7.21. The minimum absolute atomic E-state index is 0.563. The zero-order valence-corrected chi connectivity index (χ0v) is 12.3. The molecular formula is C16H23NO3. The predicted molar refractivity (Wildman–Crippen MR) is 77.9 cm³/mol. The molecule has 1 unspecified atom stereocenters. The van der Waals surface area contributed by atoms with Crippen molar-refractivity contribution in [1.82, 2.24) is 4.90 Å². The Kier molecular flexibility index (Phi) is 4.65. The fourth-order valence-electron chi connectivity index (χ4n) is 2.81. The maximum Gasteiger partial charge on any atom is 0.310 e. The number of fused-ring (bicyclic) bond motifs is 1. The Morgan fingerprint density at radius 3 is 2.90 bits per heavy atom. The number of carboxylic acids is 1. The zero-order valence-electron chi connectivity index (χ0n) is 12.3. The largest absolute Gasteiger partial charge is 0.492 e. The highest BCUT2D eigenvalue weighted by Crippen LogP contribution is 2.28. The second kappa shape index (κ2) is 6.27. The van der Waals surface area contributed by atoms with Crippen LogP contribution < -0.4 is 4.74 Å². The van der Waals surface area contributed by atoms with E-state index in [2.05, 4.69) is 4.90 Å². The molecule has 1 aliphatic heterocycles. The molecule has 0 spiro atoms. The van der Waals surface area contributed by atoms with Crippen molar-refractivity contribution in [3.8, 4) is 5.75 Å². The number of para-hydroxylation sites is 1. The molecule has 1 aromatic rings. The number of carbonyl (C=O) groups is 1. The van der Waals surface area contributed by atoms with Crippen LogP contribution in [0.5, 0.6) is 5.75 Å². The number of hydrogen-bond acceptors (Lipinski definition) is 3. The van der Waals surface area contributed by atoms with Gasteiger partial charge < -0.3 is 9.84 Å². The summed E-state index contributed by atoms with van der Waals surface area (Å²) in [5.41, 5.74) is 0.447. The molecule has 1 aromatic carbocycles. The van der Waals surface area contributed by atoms with Crippen LogP contribution in [0.1, 0.15) is 32.3 Å². The van der Waals surface area contributed by atoms with Gasteiger partial charge in [0.05, 0.1) is 5.41 Å². The van der Waals surface area contributed by atoms with Crippen molar-refractivity contribution in [2.75, 3.05) is 19.7 Å². The Hall–Kier alpha value is -1.55. The van der Waals surface area contributed by atoms with Crippen LogP contribution in [-0.4, -0.2) is 35.7 Å². The molecule has 4 heteroatoms. The summed E-state index contributed by atoms with van der Waals surface area (Å²) in [4.78, 5) is 13.7. The number of aliphatic carboxylic acids is 1. The maximum absolute atomic E-state index is 11.6. The van der Waals surface area contributed by atoms with Crippen LogP contribution in [0, 0.1) is 5.41 Å². The number of nitrogens with zero attached hydrogens (tertiary/aromatic N) is 1. The van der Waals surface area contributed by atoms with Gasteiger partial charge in [-0.3, -0.25) is 9.69 Å². The van der Waals surface area contributed by atoms with Crippen LogP contribution in [0.15, 0.2) is 24.3 Å². The van der Waals surface area contributed by atoms with E-state index in [1.165, 1.54) is 0 Å². The van der Waals surface area contributed by atoms with E-state index >= 15 is 0 Å². The van der Waals surface area contributed by atoms with Gasteiger partial charge in [-0.1, -0.05) is 31.5 Å². The average Bonchev–Trinajstić information content (AvgIpc) is 2.60. The molecule has 0 saturated heterocycles. The first-order chi connectivity index (χ1) is 9.55. The van der Waals surface area contributed by atoms with Gasteiger partial charge in [-0.05, 0) is 19.4 Å². The van der Waals surface area contributed by atoms with Gasteiger partial charge in [-0.15, -0.1) is 0 Å². The molecule has 0 bridgehead atoms. The van der Waals surface area contributed by atoms with Crippen molar-refractivity contribution < 1.29 is 14.6 Å². The highest BCUT2D eigenvalue weighted by Gasteiger charge is 2.34. The lowest BCUT2D eigenvalue weighted by Crippen LogP contribution is -2.41. The molecule has 4 nitrogen and oxygen atoms in total. The number of hydrogen-bond donors (Lipinski definition) is 1. The standard InChI is InChI=1S/C16H23NO3/c1-3-8-16(2,15(18)19)12-17-9-10-20-14-7-5-4-6-13(14)11-17/h4-7H,3,8-12H2,1-2H3,(H,18,19). The number of benzene rings is 1. The Labute approximate surface area is 120 Å². The van der Waals surface area contributed by atoms with Gasteiger partial charge in [0, 0.05) is 25.2 Å². The van der Waals surface area contributed by atoms with Crippen molar-refractivity contribution >= 4 is 5.97 Å². The van der Waals surface area contributed by atoms with E-state index < -0.39 is 11.4 Å². The van der Waals surface area contributed by atoms with Crippen LogP contribution in [0.2, 0.25) is 0 Å². The smallest absolute Gasteiger partial charge is 0.310 e. The summed E-state index contributed by atoms with van der Waals surface area (Å²) in [6, 6.07) is 7.98. The van der Waals surface area contributed by atoms with E-state index in [1.54, 1.807) is 0 Å². The summed E-state index contributed by atoms with van der Waals surface area (Å²) in [7, 11) is 0. The van der Waals surface area contributed by atoms with E-state index in [4.69, 9.17) is 4.74 Å². The van der Waals surface area contributed by atoms with Gasteiger partial charge in [0.2, 0.25) is 0 Å². The molecule has 0 aliphatic carbocycles. The van der Waals surface area contributed by atoms with Crippen LogP contribution >= 0.6 is 0 Å². The molecular weight excluding hydrogens is 254 g/mol. The monoisotopic (exact) mass is 277 g/mol. The molecule has 1 heterocycles. The summed E-state index contributed by atoms with van der Waals surface area (Å²) >= 11 is 0. The molecule has 1 aliphatic rings. The predicted octanol–water partition coefficient (Wildman–Crippen LogP) is 2.77. The molecule has 0 amide bonds. The Morgan fingerprint density at radius 2 is 2.20 bits per heavy atom. The molecule has 2 rings (SSSR count). The highest BCUT2D eigenvalue weighted by atomic mass is 16.5. The van der Waals surface area contributed by atoms with Crippen molar-refractivity contribution in [1.29, 1.82) is 0 Å². The molecule has 20 heavy (non-hydrogen) atoms. The molecule has 0 aromatic heterocycles. The second-order valence-electron chi connectivity index (χ2n) is 5.78. The van der Waals surface area contributed by atoms with Gasteiger partial charge in [0.1, 0.15) is 12.4 Å². The zero-order chi connectivity index (χ0) is 14.6. The Morgan fingerprint density at radius 1 is 1.45 bits per heavy atom. The van der Waals surface area contributed by atoms with Gasteiger partial charge in [0.15, 0.2) is 0 Å². The van der Waals surface area contributed by atoms with E-state index in [9.17, 15) is 9.90 Å². The Bertz CT molecular complexity index is 475.